The Balaban J connectivity index is 2.62. The van der Waals surface area contributed by atoms with E-state index in [0.717, 1.165) is 99.3 Å². The third-order valence-electron chi connectivity index (χ3n) is 6.42. The van der Waals surface area contributed by atoms with Gasteiger partial charge < -0.3 is 10.2 Å². The second-order valence-electron chi connectivity index (χ2n) is 8.92. The molecule has 0 saturated heterocycles. The lowest BCUT2D eigenvalue weighted by atomic mass is 9.85. The van der Waals surface area contributed by atoms with E-state index >= 15 is 0 Å². The van der Waals surface area contributed by atoms with Gasteiger partial charge in [0.1, 0.15) is 11.5 Å². The summed E-state index contributed by atoms with van der Waals surface area (Å²) in [6, 6.07) is 7.00. The van der Waals surface area contributed by atoms with Gasteiger partial charge in [-0.25, -0.2) is 0 Å². The van der Waals surface area contributed by atoms with Crippen molar-refractivity contribution >= 4 is 5.78 Å². The van der Waals surface area contributed by atoms with E-state index in [9.17, 15) is 15.0 Å². The van der Waals surface area contributed by atoms with Crippen molar-refractivity contribution in [3.05, 3.63) is 57.6 Å². The minimum atomic E-state index is 0.0257. The molecule has 0 atom stereocenters. The number of phenols is 2. The molecule has 0 heterocycles. The largest absolute Gasteiger partial charge is 0.508 e. The first-order chi connectivity index (χ1) is 15.5. The minimum absolute atomic E-state index is 0.0257. The van der Waals surface area contributed by atoms with Crippen LogP contribution in [0.5, 0.6) is 11.5 Å². The van der Waals surface area contributed by atoms with E-state index in [2.05, 4.69) is 27.7 Å². The van der Waals surface area contributed by atoms with Gasteiger partial charge in [0.25, 0.3) is 0 Å². The topological polar surface area (TPSA) is 57.5 Å². The highest BCUT2D eigenvalue weighted by Gasteiger charge is 2.23. The second kappa shape index (κ2) is 13.3. The van der Waals surface area contributed by atoms with Crippen LogP contribution in [0, 0.1) is 0 Å². The number of aromatic hydroxyl groups is 2. The highest BCUT2D eigenvalue weighted by Crippen LogP contribution is 2.33. The maximum absolute atomic E-state index is 13.9. The Labute approximate surface area is 194 Å². The number of unbranched alkanes of at least 4 members (excludes halogenated alkanes) is 4. The normalized spacial score (nSPS) is 11.1. The van der Waals surface area contributed by atoms with E-state index in [-0.39, 0.29) is 5.78 Å². The molecular weight excluding hydrogens is 396 g/mol. The summed E-state index contributed by atoms with van der Waals surface area (Å²) in [6.45, 7) is 8.59. The summed E-state index contributed by atoms with van der Waals surface area (Å²) in [6.07, 6.45) is 11.3. The van der Waals surface area contributed by atoms with Crippen molar-refractivity contribution in [3.63, 3.8) is 0 Å². The van der Waals surface area contributed by atoms with Crippen LogP contribution in [0.15, 0.2) is 24.3 Å². The zero-order valence-electron chi connectivity index (χ0n) is 20.6. The molecule has 0 fully saturated rings. The smallest absolute Gasteiger partial charge is 0.193 e. The van der Waals surface area contributed by atoms with Gasteiger partial charge in [-0.2, -0.15) is 0 Å². The molecule has 0 saturated carbocycles. The van der Waals surface area contributed by atoms with Crippen molar-refractivity contribution in [3.8, 4) is 11.5 Å². The summed E-state index contributed by atoms with van der Waals surface area (Å²) < 4.78 is 0. The average Bonchev–Trinajstić information content (AvgIpc) is 2.79. The molecule has 0 aromatic heterocycles. The molecule has 0 radical (unpaired) electrons. The maximum atomic E-state index is 13.9. The van der Waals surface area contributed by atoms with Crippen LogP contribution in [0.3, 0.4) is 0 Å². The van der Waals surface area contributed by atoms with Crippen LogP contribution in [0.1, 0.15) is 117 Å². The Kier molecular flexibility index (Phi) is 10.8. The molecule has 3 heteroatoms. The van der Waals surface area contributed by atoms with E-state index in [4.69, 9.17) is 0 Å². The molecule has 2 N–H and O–H groups in total. The number of carbonyl (C=O) groups excluding carboxylic acids is 1. The van der Waals surface area contributed by atoms with Gasteiger partial charge in [0.15, 0.2) is 5.78 Å². The molecule has 2 rings (SSSR count). The van der Waals surface area contributed by atoms with Crippen molar-refractivity contribution < 1.29 is 15.0 Å². The molecule has 0 bridgehead atoms. The third-order valence-corrected chi connectivity index (χ3v) is 6.42. The van der Waals surface area contributed by atoms with E-state index in [1.54, 1.807) is 24.3 Å². The van der Waals surface area contributed by atoms with Gasteiger partial charge in [0.05, 0.1) is 0 Å². The lowest BCUT2D eigenvalue weighted by Crippen LogP contribution is -2.13. The molecule has 176 valence electrons. The molecule has 0 unspecified atom stereocenters. The summed E-state index contributed by atoms with van der Waals surface area (Å²) >= 11 is 0. The molecule has 0 aliphatic carbocycles. The van der Waals surface area contributed by atoms with E-state index in [0.29, 0.717) is 22.6 Å². The zero-order valence-corrected chi connectivity index (χ0v) is 20.6. The van der Waals surface area contributed by atoms with Crippen LogP contribution in [0.25, 0.3) is 0 Å². The molecule has 0 aliphatic rings. The summed E-state index contributed by atoms with van der Waals surface area (Å²) in [5, 5.41) is 21.2. The van der Waals surface area contributed by atoms with Crippen molar-refractivity contribution in [1.82, 2.24) is 0 Å². The molecule has 0 aliphatic heterocycles. The Morgan fingerprint density at radius 3 is 1.19 bits per heavy atom. The van der Waals surface area contributed by atoms with E-state index in [1.165, 1.54) is 0 Å². The fourth-order valence-corrected chi connectivity index (χ4v) is 4.48. The highest BCUT2D eigenvalue weighted by molar-refractivity contribution is 6.11. The highest BCUT2D eigenvalue weighted by atomic mass is 16.3. The van der Waals surface area contributed by atoms with E-state index < -0.39 is 0 Å². The van der Waals surface area contributed by atoms with Gasteiger partial charge in [-0.1, -0.05) is 53.4 Å². The third kappa shape index (κ3) is 6.37. The van der Waals surface area contributed by atoms with Crippen molar-refractivity contribution in [2.75, 3.05) is 0 Å². The van der Waals surface area contributed by atoms with Crippen LogP contribution in [-0.4, -0.2) is 16.0 Å². The van der Waals surface area contributed by atoms with E-state index in [1.807, 2.05) is 0 Å². The first-order valence-corrected chi connectivity index (χ1v) is 12.7. The molecule has 3 nitrogen and oxygen atoms in total. The fourth-order valence-electron chi connectivity index (χ4n) is 4.48. The first kappa shape index (κ1) is 26.0. The molecule has 2 aromatic carbocycles. The fraction of sp³-hybridized carbons (Fsp3) is 0.552. The Morgan fingerprint density at radius 1 is 0.562 bits per heavy atom. The zero-order chi connectivity index (χ0) is 23.5. The van der Waals surface area contributed by atoms with Gasteiger partial charge in [0, 0.05) is 11.1 Å². The van der Waals surface area contributed by atoms with Crippen LogP contribution in [-0.2, 0) is 25.7 Å². The number of carbonyl (C=O) groups is 1. The number of ketones is 1. The summed E-state index contributed by atoms with van der Waals surface area (Å²) in [5.74, 6) is 0.640. The maximum Gasteiger partial charge on any atom is 0.193 e. The van der Waals surface area contributed by atoms with Crippen LogP contribution in [0.2, 0.25) is 0 Å². The standard InChI is InChI=1S/C29H42O3/c1-5-9-13-21-23(15-11-7-3)27(30)19-17-25(21)29(32)26-18-20-28(31)24(16-12-8-4)22(26)14-10-6-2/h17-20,30-31H,5-16H2,1-4H3. The minimum Gasteiger partial charge on any atom is -0.508 e. The summed E-state index contributed by atoms with van der Waals surface area (Å²) in [7, 11) is 0. The lowest BCUT2D eigenvalue weighted by Gasteiger charge is -2.19. The SMILES string of the molecule is CCCCc1c(O)ccc(C(=O)c2ccc(O)c(CCCC)c2CCCC)c1CCCC. The number of hydrogen-bond donors (Lipinski definition) is 2. The lowest BCUT2D eigenvalue weighted by molar-refractivity contribution is 0.103. The number of benzene rings is 2. The average molecular weight is 439 g/mol. The Bertz CT molecular complexity index is 811. The van der Waals surface area contributed by atoms with Crippen LogP contribution < -0.4 is 0 Å². The van der Waals surface area contributed by atoms with Crippen LogP contribution >= 0.6 is 0 Å². The summed E-state index contributed by atoms with van der Waals surface area (Å²) in [4.78, 5) is 13.9. The quantitative estimate of drug-likeness (QED) is 0.297. The van der Waals surface area contributed by atoms with Crippen molar-refractivity contribution in [1.29, 1.82) is 0 Å². The number of hydrogen-bond acceptors (Lipinski definition) is 3. The first-order valence-electron chi connectivity index (χ1n) is 12.7. The molecule has 2 aromatic rings. The monoisotopic (exact) mass is 438 g/mol. The molecule has 32 heavy (non-hydrogen) atoms. The summed E-state index contributed by atoms with van der Waals surface area (Å²) in [5.41, 5.74) is 5.32. The number of phenolic OH excluding ortho intramolecular Hbond substituents is 2. The number of rotatable bonds is 14. The van der Waals surface area contributed by atoms with Crippen LogP contribution in [0.4, 0.5) is 0 Å². The Hall–Kier alpha value is -2.29. The van der Waals surface area contributed by atoms with Crippen molar-refractivity contribution in [2.24, 2.45) is 0 Å². The molecule has 0 amide bonds. The van der Waals surface area contributed by atoms with Gasteiger partial charge in [-0.05, 0) is 97.9 Å². The van der Waals surface area contributed by atoms with Gasteiger partial charge in [0.2, 0.25) is 0 Å². The van der Waals surface area contributed by atoms with Gasteiger partial charge >= 0.3 is 0 Å². The molecular formula is C29H42O3. The van der Waals surface area contributed by atoms with Gasteiger partial charge in [-0.3, -0.25) is 4.79 Å². The van der Waals surface area contributed by atoms with Gasteiger partial charge in [-0.15, -0.1) is 0 Å². The predicted molar refractivity (Wildman–Crippen MR) is 134 cm³/mol. The second-order valence-corrected chi connectivity index (χ2v) is 8.92. The Morgan fingerprint density at radius 2 is 0.875 bits per heavy atom. The molecule has 0 spiro atoms. The van der Waals surface area contributed by atoms with Crippen molar-refractivity contribution in [2.45, 2.75) is 105 Å². The predicted octanol–water partition coefficient (Wildman–Crippen LogP) is 7.70.